The number of carbonyl (C=O) groups excluding carboxylic acids is 6. The molecule has 61 heavy (non-hydrogen) atoms. The molecule has 0 spiro atoms. The minimum atomic E-state index is -3.14. The predicted molar refractivity (Wildman–Crippen MR) is 215 cm³/mol. The van der Waals surface area contributed by atoms with Crippen LogP contribution in [-0.2, 0) is 71.9 Å². The zero-order valence-electron chi connectivity index (χ0n) is 35.1. The standard InChI is InChI=1S/C38H64N4O18S/c1-3-32(45)39-15-5-4-9-30(37(51)52)42-35(48)26-60-22-19-57-17-6-8-28(43)12-13-31(38(53)54)41-34(47)14-11-27(36(49)50)24-29(44)25-59-21-20-58-18-16-40-33(46)10-7-23-61(2,55)56/h27,30-31H,3-26H2,1-2H3,(H,39,45)(H,40,46)(H,41,47)(H,42,48)(H,49,50)(H,51,52)(H,53,54). The number of carbonyl (C=O) groups is 9. The van der Waals surface area contributed by atoms with Gasteiger partial charge in [-0.05, 0) is 44.9 Å². The second kappa shape index (κ2) is 34.1. The van der Waals surface area contributed by atoms with Gasteiger partial charge in [-0.2, -0.15) is 0 Å². The molecule has 22 nitrogen and oxygen atoms in total. The van der Waals surface area contributed by atoms with Gasteiger partial charge in [0.15, 0.2) is 5.78 Å². The summed E-state index contributed by atoms with van der Waals surface area (Å²) in [5.41, 5.74) is 0. The smallest absolute Gasteiger partial charge is 0.326 e. The lowest BCUT2D eigenvalue weighted by atomic mass is 9.97. The Bertz CT molecular complexity index is 1510. The highest BCUT2D eigenvalue weighted by Gasteiger charge is 2.25. The molecular weight excluding hydrogens is 832 g/mol. The number of nitrogens with one attached hydrogen (secondary N) is 4. The van der Waals surface area contributed by atoms with Crippen LogP contribution in [0.2, 0.25) is 0 Å². The zero-order chi connectivity index (χ0) is 46.1. The van der Waals surface area contributed by atoms with Crippen LogP contribution >= 0.6 is 0 Å². The van der Waals surface area contributed by atoms with Gasteiger partial charge in [-0.15, -0.1) is 0 Å². The highest BCUT2D eigenvalue weighted by Crippen LogP contribution is 2.14. The maximum absolute atomic E-state index is 12.5. The predicted octanol–water partition coefficient (Wildman–Crippen LogP) is -0.601. The van der Waals surface area contributed by atoms with Crippen molar-refractivity contribution in [2.45, 2.75) is 102 Å². The average Bonchev–Trinajstić information content (AvgIpc) is 3.18. The van der Waals surface area contributed by atoms with Crippen molar-refractivity contribution in [2.24, 2.45) is 5.92 Å². The molecule has 0 saturated carbocycles. The Kier molecular flexibility index (Phi) is 31.5. The van der Waals surface area contributed by atoms with E-state index in [1.807, 2.05) is 0 Å². The molecule has 0 radical (unpaired) electrons. The average molecular weight is 897 g/mol. The minimum Gasteiger partial charge on any atom is -0.481 e. The van der Waals surface area contributed by atoms with Gasteiger partial charge >= 0.3 is 17.9 Å². The maximum Gasteiger partial charge on any atom is 0.326 e. The molecule has 350 valence electrons. The number of hydrogen-bond acceptors (Lipinski definition) is 15. The molecule has 0 aliphatic rings. The summed E-state index contributed by atoms with van der Waals surface area (Å²) in [5.74, 6) is -7.84. The number of Topliss-reactive ketones (excluding diaryl/α,β-unsaturated/α-hetero) is 2. The third kappa shape index (κ3) is 33.8. The lowest BCUT2D eigenvalue weighted by Crippen LogP contribution is -2.42. The first kappa shape index (κ1) is 56.4. The Balaban J connectivity index is 4.22. The molecule has 0 aromatic carbocycles. The SMILES string of the molecule is CCC(=O)NCCCCC(NC(=O)COCCOCCCC(=O)CCC(NC(=O)CCC(CC(=O)COCCOCCNC(=O)CCCS(C)(=O)=O)C(=O)O)C(=O)O)C(=O)O. The summed E-state index contributed by atoms with van der Waals surface area (Å²) in [6.45, 7) is 2.03. The molecule has 0 fully saturated rings. The summed E-state index contributed by atoms with van der Waals surface area (Å²) in [7, 11) is -3.14. The highest BCUT2D eigenvalue weighted by atomic mass is 32.2. The van der Waals surface area contributed by atoms with Gasteiger partial charge in [-0.3, -0.25) is 33.6 Å². The molecule has 0 aromatic heterocycles. The quantitative estimate of drug-likeness (QED) is 0.0378. The van der Waals surface area contributed by atoms with Crippen molar-refractivity contribution in [1.29, 1.82) is 0 Å². The van der Waals surface area contributed by atoms with Gasteiger partial charge in [0.2, 0.25) is 23.6 Å². The first-order chi connectivity index (χ1) is 28.8. The van der Waals surface area contributed by atoms with Gasteiger partial charge in [0.05, 0.1) is 44.7 Å². The van der Waals surface area contributed by atoms with E-state index in [-0.39, 0.29) is 128 Å². The summed E-state index contributed by atoms with van der Waals surface area (Å²) in [6, 6.07) is -2.50. The number of hydrogen-bond donors (Lipinski definition) is 7. The number of ether oxygens (including phenoxy) is 4. The molecule has 0 heterocycles. The van der Waals surface area contributed by atoms with E-state index in [4.69, 9.17) is 18.9 Å². The van der Waals surface area contributed by atoms with Crippen molar-refractivity contribution < 1.29 is 85.8 Å². The maximum atomic E-state index is 12.5. The molecule has 3 atom stereocenters. The number of carboxylic acids is 3. The number of amides is 4. The number of sulfone groups is 1. The van der Waals surface area contributed by atoms with Crippen molar-refractivity contribution >= 4 is 62.9 Å². The molecule has 23 heteroatoms. The summed E-state index contributed by atoms with van der Waals surface area (Å²) in [5, 5.41) is 38.3. The van der Waals surface area contributed by atoms with Crippen LogP contribution in [0.3, 0.4) is 0 Å². The number of ketones is 2. The fraction of sp³-hybridized carbons (Fsp3) is 0.763. The van der Waals surface area contributed by atoms with Crippen LogP contribution in [0.15, 0.2) is 0 Å². The third-order valence-electron chi connectivity index (χ3n) is 8.56. The second-order valence-corrected chi connectivity index (χ2v) is 16.3. The molecule has 4 amide bonds. The Hall–Kier alpha value is -4.58. The molecular formula is C38H64N4O18S. The summed E-state index contributed by atoms with van der Waals surface area (Å²) >= 11 is 0. The lowest BCUT2D eigenvalue weighted by Gasteiger charge is -2.16. The van der Waals surface area contributed by atoms with Gasteiger partial charge in [0.1, 0.15) is 40.9 Å². The fourth-order valence-electron chi connectivity index (χ4n) is 5.23. The monoisotopic (exact) mass is 896 g/mol. The van der Waals surface area contributed by atoms with E-state index in [0.717, 1.165) is 6.26 Å². The first-order valence-corrected chi connectivity index (χ1v) is 22.2. The van der Waals surface area contributed by atoms with E-state index < -0.39 is 76.4 Å². The van der Waals surface area contributed by atoms with Crippen molar-refractivity contribution in [3.05, 3.63) is 0 Å². The van der Waals surface area contributed by atoms with Crippen LogP contribution < -0.4 is 21.3 Å². The molecule has 0 aliphatic heterocycles. The molecule has 0 aliphatic carbocycles. The van der Waals surface area contributed by atoms with Crippen LogP contribution in [0, 0.1) is 5.92 Å². The Morgan fingerprint density at radius 3 is 1.74 bits per heavy atom. The molecule has 3 unspecified atom stereocenters. The number of rotatable bonds is 40. The summed E-state index contributed by atoms with van der Waals surface area (Å²) in [4.78, 5) is 107. The molecule has 0 bridgehead atoms. The Morgan fingerprint density at radius 2 is 1.11 bits per heavy atom. The van der Waals surface area contributed by atoms with E-state index in [9.17, 15) is 66.9 Å². The fourth-order valence-corrected chi connectivity index (χ4v) is 5.90. The molecule has 0 rings (SSSR count). The third-order valence-corrected chi connectivity index (χ3v) is 9.59. The van der Waals surface area contributed by atoms with Gasteiger partial charge in [0, 0.05) is 64.5 Å². The van der Waals surface area contributed by atoms with Crippen molar-refractivity contribution in [3.8, 4) is 0 Å². The van der Waals surface area contributed by atoms with Crippen LogP contribution in [0.25, 0.3) is 0 Å². The van der Waals surface area contributed by atoms with Crippen LogP contribution in [-0.4, -0.2) is 167 Å². The summed E-state index contributed by atoms with van der Waals surface area (Å²) < 4.78 is 43.2. The first-order valence-electron chi connectivity index (χ1n) is 20.2. The van der Waals surface area contributed by atoms with Crippen LogP contribution in [0.1, 0.15) is 90.4 Å². The number of carboxylic acid groups (broad SMARTS) is 3. The Labute approximate surface area is 355 Å². The van der Waals surface area contributed by atoms with Gasteiger partial charge in [0.25, 0.3) is 0 Å². The van der Waals surface area contributed by atoms with Gasteiger partial charge in [-0.1, -0.05) is 6.92 Å². The van der Waals surface area contributed by atoms with Gasteiger partial charge < -0.3 is 55.5 Å². The lowest BCUT2D eigenvalue weighted by molar-refractivity contribution is -0.145. The van der Waals surface area contributed by atoms with Crippen LogP contribution in [0.5, 0.6) is 0 Å². The minimum absolute atomic E-state index is 0.00576. The van der Waals surface area contributed by atoms with E-state index >= 15 is 0 Å². The molecule has 0 saturated heterocycles. The van der Waals surface area contributed by atoms with E-state index in [0.29, 0.717) is 32.2 Å². The van der Waals surface area contributed by atoms with E-state index in [1.165, 1.54) is 0 Å². The van der Waals surface area contributed by atoms with Crippen molar-refractivity contribution in [2.75, 3.05) is 78.0 Å². The topological polar surface area (TPSA) is 334 Å². The van der Waals surface area contributed by atoms with Crippen LogP contribution in [0.4, 0.5) is 0 Å². The Morgan fingerprint density at radius 1 is 0.525 bits per heavy atom. The van der Waals surface area contributed by atoms with Crippen molar-refractivity contribution in [3.63, 3.8) is 0 Å². The van der Waals surface area contributed by atoms with E-state index in [1.54, 1.807) is 6.92 Å². The normalized spacial score (nSPS) is 12.7. The van der Waals surface area contributed by atoms with E-state index in [2.05, 4.69) is 21.3 Å². The molecule has 0 aromatic rings. The molecule has 7 N–H and O–H groups in total. The highest BCUT2D eigenvalue weighted by molar-refractivity contribution is 7.90. The van der Waals surface area contributed by atoms with Crippen molar-refractivity contribution in [1.82, 2.24) is 21.3 Å². The largest absolute Gasteiger partial charge is 0.481 e. The van der Waals surface area contributed by atoms with Gasteiger partial charge in [-0.25, -0.2) is 18.0 Å². The zero-order valence-corrected chi connectivity index (χ0v) is 35.9. The second-order valence-electron chi connectivity index (χ2n) is 14.0. The number of aliphatic carboxylic acids is 3. The number of unbranched alkanes of at least 4 members (excludes halogenated alkanes) is 1. The summed E-state index contributed by atoms with van der Waals surface area (Å²) in [6.07, 6.45) is 1.86.